The predicted molar refractivity (Wildman–Crippen MR) is 74.6 cm³/mol. The molecule has 1 saturated carbocycles. The minimum Gasteiger partial charge on any atom is -0.497 e. The third-order valence-electron chi connectivity index (χ3n) is 3.43. The van der Waals surface area contributed by atoms with Gasteiger partial charge in [-0.2, -0.15) is 0 Å². The van der Waals surface area contributed by atoms with Crippen LogP contribution in [0.2, 0.25) is 0 Å². The molecule has 1 aromatic rings. The Kier molecular flexibility index (Phi) is 4.66. The molecule has 1 aliphatic carbocycles. The normalized spacial score (nSPS) is 17.9. The lowest BCUT2D eigenvalue weighted by Crippen LogP contribution is -2.26. The summed E-state index contributed by atoms with van der Waals surface area (Å²) >= 11 is 0. The summed E-state index contributed by atoms with van der Waals surface area (Å²) in [5, 5.41) is 13.0. The van der Waals surface area contributed by atoms with E-state index < -0.39 is 6.10 Å². The number of rotatable bonds is 7. The maximum atomic E-state index is 9.56. The highest BCUT2D eigenvalue weighted by atomic mass is 16.5. The summed E-state index contributed by atoms with van der Waals surface area (Å²) < 4.78 is 11.1. The second-order valence-electron chi connectivity index (χ2n) is 5.19. The number of hydrogen-bond acceptors (Lipinski definition) is 4. The summed E-state index contributed by atoms with van der Waals surface area (Å²) in [7, 11) is 1.64. The van der Waals surface area contributed by atoms with Crippen molar-refractivity contribution in [1.29, 1.82) is 0 Å². The van der Waals surface area contributed by atoms with E-state index in [9.17, 15) is 5.11 Å². The second kappa shape index (κ2) is 6.26. The van der Waals surface area contributed by atoms with Crippen molar-refractivity contribution in [2.45, 2.75) is 51.5 Å². The summed E-state index contributed by atoms with van der Waals surface area (Å²) in [5.41, 5.74) is 1.10. The van der Waals surface area contributed by atoms with Crippen LogP contribution in [-0.2, 0) is 6.54 Å². The molecule has 2 atom stereocenters. The van der Waals surface area contributed by atoms with Gasteiger partial charge in [-0.1, -0.05) is 6.07 Å². The number of nitrogens with one attached hydrogen (secondary N) is 1. The van der Waals surface area contributed by atoms with E-state index in [-0.39, 0.29) is 6.10 Å². The van der Waals surface area contributed by atoms with Crippen molar-refractivity contribution < 1.29 is 14.6 Å². The van der Waals surface area contributed by atoms with Crippen molar-refractivity contribution in [1.82, 2.24) is 5.32 Å². The zero-order valence-electron chi connectivity index (χ0n) is 11.8. The molecular formula is C15H23NO3. The lowest BCUT2D eigenvalue weighted by atomic mass is 10.1. The molecule has 0 bridgehead atoms. The Bertz CT molecular complexity index is 416. The fourth-order valence-electron chi connectivity index (χ4n) is 1.76. The second-order valence-corrected chi connectivity index (χ2v) is 5.19. The van der Waals surface area contributed by atoms with E-state index in [1.165, 1.54) is 12.8 Å². The van der Waals surface area contributed by atoms with Gasteiger partial charge in [0.15, 0.2) is 0 Å². The summed E-state index contributed by atoms with van der Waals surface area (Å²) in [6.07, 6.45) is 1.77. The molecule has 0 aliphatic heterocycles. The largest absolute Gasteiger partial charge is 0.497 e. The number of benzene rings is 1. The highest BCUT2D eigenvalue weighted by molar-refractivity contribution is 5.41. The third kappa shape index (κ3) is 4.11. The zero-order chi connectivity index (χ0) is 13.8. The van der Waals surface area contributed by atoms with E-state index in [1.807, 2.05) is 25.1 Å². The number of aliphatic hydroxyl groups excluding tert-OH is 1. The molecular weight excluding hydrogens is 242 g/mol. The molecule has 1 fully saturated rings. The standard InChI is InChI=1S/C15H23NO3/c1-10(17)11(2)19-15-8-14(18-3)7-4-12(15)9-16-13-5-6-13/h4,7-8,10-11,13,16-17H,5-6,9H2,1-3H3. The Balaban J connectivity index is 2.09. The lowest BCUT2D eigenvalue weighted by molar-refractivity contribution is 0.0596. The number of hydrogen-bond donors (Lipinski definition) is 2. The van der Waals surface area contributed by atoms with E-state index in [1.54, 1.807) is 14.0 Å². The first-order valence-electron chi connectivity index (χ1n) is 6.85. The smallest absolute Gasteiger partial charge is 0.128 e. The molecule has 2 rings (SSSR count). The van der Waals surface area contributed by atoms with Gasteiger partial charge >= 0.3 is 0 Å². The van der Waals surface area contributed by atoms with Crippen molar-refractivity contribution >= 4 is 0 Å². The van der Waals surface area contributed by atoms with Gasteiger partial charge in [0.25, 0.3) is 0 Å². The summed E-state index contributed by atoms with van der Waals surface area (Å²) in [6, 6.07) is 6.48. The molecule has 19 heavy (non-hydrogen) atoms. The molecule has 1 aromatic carbocycles. The first kappa shape index (κ1) is 14.2. The molecule has 1 aliphatic rings. The average Bonchev–Trinajstić information content (AvgIpc) is 3.21. The average molecular weight is 265 g/mol. The Morgan fingerprint density at radius 3 is 2.68 bits per heavy atom. The van der Waals surface area contributed by atoms with Crippen LogP contribution in [0.5, 0.6) is 11.5 Å². The monoisotopic (exact) mass is 265 g/mol. The molecule has 2 N–H and O–H groups in total. The highest BCUT2D eigenvalue weighted by Gasteiger charge is 2.21. The van der Waals surface area contributed by atoms with E-state index >= 15 is 0 Å². The van der Waals surface area contributed by atoms with Crippen LogP contribution in [0, 0.1) is 0 Å². The summed E-state index contributed by atoms with van der Waals surface area (Å²) in [5.74, 6) is 1.55. The van der Waals surface area contributed by atoms with Crippen molar-refractivity contribution in [2.24, 2.45) is 0 Å². The quantitative estimate of drug-likeness (QED) is 0.792. The van der Waals surface area contributed by atoms with Gasteiger partial charge in [-0.25, -0.2) is 0 Å². The summed E-state index contributed by atoms with van der Waals surface area (Å²) in [4.78, 5) is 0. The van der Waals surface area contributed by atoms with Crippen LogP contribution in [0.4, 0.5) is 0 Å². The molecule has 0 heterocycles. The molecule has 106 valence electrons. The molecule has 0 amide bonds. The van der Waals surface area contributed by atoms with Crippen molar-refractivity contribution in [3.05, 3.63) is 23.8 Å². The molecule has 4 heteroatoms. The Hall–Kier alpha value is -1.26. The number of methoxy groups -OCH3 is 1. The molecule has 0 aromatic heterocycles. The predicted octanol–water partition coefficient (Wildman–Crippen LogP) is 2.10. The van der Waals surface area contributed by atoms with E-state index in [4.69, 9.17) is 9.47 Å². The Labute approximate surface area is 114 Å². The van der Waals surface area contributed by atoms with Crippen LogP contribution in [0.15, 0.2) is 18.2 Å². The van der Waals surface area contributed by atoms with Gasteiger partial charge in [0.05, 0.1) is 13.2 Å². The van der Waals surface area contributed by atoms with Gasteiger partial charge in [-0.05, 0) is 32.8 Å². The van der Waals surface area contributed by atoms with E-state index in [0.717, 1.165) is 23.6 Å². The molecule has 4 nitrogen and oxygen atoms in total. The number of aliphatic hydroxyl groups is 1. The van der Waals surface area contributed by atoms with Gasteiger partial charge in [0, 0.05) is 24.2 Å². The highest BCUT2D eigenvalue weighted by Crippen LogP contribution is 2.27. The minimum absolute atomic E-state index is 0.244. The maximum absolute atomic E-state index is 9.56. The van der Waals surface area contributed by atoms with Crippen LogP contribution in [0.25, 0.3) is 0 Å². The lowest BCUT2D eigenvalue weighted by Gasteiger charge is -2.20. The minimum atomic E-state index is -0.504. The molecule has 0 spiro atoms. The fourth-order valence-corrected chi connectivity index (χ4v) is 1.76. The maximum Gasteiger partial charge on any atom is 0.128 e. The third-order valence-corrected chi connectivity index (χ3v) is 3.43. The Morgan fingerprint density at radius 2 is 2.11 bits per heavy atom. The van der Waals surface area contributed by atoms with Crippen LogP contribution < -0.4 is 14.8 Å². The zero-order valence-corrected chi connectivity index (χ0v) is 11.8. The van der Waals surface area contributed by atoms with Gasteiger partial charge in [0.1, 0.15) is 17.6 Å². The number of ether oxygens (including phenoxy) is 2. The van der Waals surface area contributed by atoms with Crippen molar-refractivity contribution in [3.63, 3.8) is 0 Å². The summed E-state index contributed by atoms with van der Waals surface area (Å²) in [6.45, 7) is 4.38. The van der Waals surface area contributed by atoms with Crippen LogP contribution in [-0.4, -0.2) is 30.5 Å². The van der Waals surface area contributed by atoms with Crippen molar-refractivity contribution in [2.75, 3.05) is 7.11 Å². The van der Waals surface area contributed by atoms with Crippen LogP contribution in [0.1, 0.15) is 32.3 Å². The van der Waals surface area contributed by atoms with E-state index in [2.05, 4.69) is 5.32 Å². The van der Waals surface area contributed by atoms with Gasteiger partial charge < -0.3 is 19.9 Å². The van der Waals surface area contributed by atoms with Gasteiger partial charge in [-0.15, -0.1) is 0 Å². The SMILES string of the molecule is COc1ccc(CNC2CC2)c(OC(C)C(C)O)c1. The first-order valence-corrected chi connectivity index (χ1v) is 6.85. The molecule has 0 saturated heterocycles. The molecule has 0 radical (unpaired) electrons. The fraction of sp³-hybridized carbons (Fsp3) is 0.600. The van der Waals surface area contributed by atoms with Crippen molar-refractivity contribution in [3.8, 4) is 11.5 Å². The topological polar surface area (TPSA) is 50.7 Å². The van der Waals surface area contributed by atoms with Gasteiger partial charge in [-0.3, -0.25) is 0 Å². The van der Waals surface area contributed by atoms with E-state index in [0.29, 0.717) is 6.04 Å². The first-order chi connectivity index (χ1) is 9.10. The van der Waals surface area contributed by atoms with Gasteiger partial charge in [0.2, 0.25) is 0 Å². The Morgan fingerprint density at radius 1 is 1.37 bits per heavy atom. The van der Waals surface area contributed by atoms with Crippen LogP contribution in [0.3, 0.4) is 0 Å². The molecule has 2 unspecified atom stereocenters. The van der Waals surface area contributed by atoms with Crippen LogP contribution >= 0.6 is 0 Å².